The zero-order chi connectivity index (χ0) is 20.8. The molecule has 0 saturated heterocycles. The van der Waals surface area contributed by atoms with Crippen molar-refractivity contribution in [1.29, 1.82) is 0 Å². The summed E-state index contributed by atoms with van der Waals surface area (Å²) in [5.41, 5.74) is 5.60. The summed E-state index contributed by atoms with van der Waals surface area (Å²) < 4.78 is 0. The van der Waals surface area contributed by atoms with Crippen LogP contribution in [0, 0.1) is 25.7 Å². The Bertz CT molecular complexity index is 691. The standard InChI is InChI=1S/C14H22.2C7H8/c1-5-13(6-2)14-9-7-11(3)12(4)8-10-14;2*1-7-5-3-2-4-6-7/h7-11,13H,5-6H2,1-4H3;2*2-6H,1H3. The maximum Gasteiger partial charge on any atom is -0.00481 e. The van der Waals surface area contributed by atoms with Crippen molar-refractivity contribution in [2.75, 3.05) is 0 Å². The Kier molecular flexibility index (Phi) is 11.7. The van der Waals surface area contributed by atoms with Gasteiger partial charge in [-0.15, -0.1) is 0 Å². The maximum absolute atomic E-state index is 2.32. The Hall–Kier alpha value is -2.34. The summed E-state index contributed by atoms with van der Waals surface area (Å²) >= 11 is 0. The molecule has 1 unspecified atom stereocenters. The molecule has 1 aliphatic carbocycles. The maximum atomic E-state index is 2.32. The van der Waals surface area contributed by atoms with E-state index >= 15 is 0 Å². The molecule has 0 fully saturated rings. The molecule has 150 valence electrons. The molecule has 0 aliphatic heterocycles. The third-order valence-corrected chi connectivity index (χ3v) is 5.17. The molecule has 0 aromatic heterocycles. The van der Waals surface area contributed by atoms with Gasteiger partial charge in [0.15, 0.2) is 0 Å². The lowest BCUT2D eigenvalue weighted by atomic mass is 9.93. The molecule has 0 saturated carbocycles. The van der Waals surface area contributed by atoms with Crippen LogP contribution in [0.2, 0.25) is 0 Å². The molecule has 1 aliphatic rings. The van der Waals surface area contributed by atoms with Crippen molar-refractivity contribution in [3.8, 4) is 0 Å². The van der Waals surface area contributed by atoms with Gasteiger partial charge in [0.1, 0.15) is 0 Å². The van der Waals surface area contributed by atoms with Gasteiger partial charge in [-0.2, -0.15) is 0 Å². The summed E-state index contributed by atoms with van der Waals surface area (Å²) in [5.74, 6) is 1.33. The monoisotopic (exact) mass is 374 g/mol. The average Bonchev–Trinajstić information content (AvgIpc) is 2.87. The van der Waals surface area contributed by atoms with Crippen molar-refractivity contribution in [1.82, 2.24) is 0 Å². The first-order valence-electron chi connectivity index (χ1n) is 10.6. The van der Waals surface area contributed by atoms with E-state index in [0.717, 1.165) is 5.92 Å². The Balaban J connectivity index is 0.000000233. The number of allylic oxidation sites excluding steroid dienone is 6. The van der Waals surface area contributed by atoms with E-state index < -0.39 is 0 Å². The number of hydrogen-bond donors (Lipinski definition) is 0. The predicted octanol–water partition coefficient (Wildman–Crippen LogP) is 8.49. The molecule has 2 aromatic carbocycles. The zero-order valence-corrected chi connectivity index (χ0v) is 18.7. The van der Waals surface area contributed by atoms with Crippen molar-refractivity contribution < 1.29 is 0 Å². The summed E-state index contributed by atoms with van der Waals surface area (Å²) in [6.07, 6.45) is 11.7. The molecule has 0 heteroatoms. The fraction of sp³-hybridized carbons (Fsp3) is 0.357. The lowest BCUT2D eigenvalue weighted by Crippen LogP contribution is -1.98. The minimum Gasteiger partial charge on any atom is -0.0773 e. The van der Waals surface area contributed by atoms with Gasteiger partial charge in [-0.25, -0.2) is 0 Å². The van der Waals surface area contributed by atoms with Gasteiger partial charge in [0.2, 0.25) is 0 Å². The van der Waals surface area contributed by atoms with Crippen molar-refractivity contribution in [2.24, 2.45) is 11.8 Å². The average molecular weight is 375 g/mol. The third kappa shape index (κ3) is 9.55. The molecule has 2 aromatic rings. The van der Waals surface area contributed by atoms with Gasteiger partial charge in [-0.05, 0) is 51.0 Å². The normalized spacial score (nSPS) is 15.3. The molecule has 0 spiro atoms. The first-order valence-corrected chi connectivity index (χ1v) is 10.6. The number of aryl methyl sites for hydroxylation is 2. The third-order valence-electron chi connectivity index (χ3n) is 5.17. The quantitative estimate of drug-likeness (QED) is 0.505. The van der Waals surface area contributed by atoms with Crippen LogP contribution in [0.4, 0.5) is 0 Å². The van der Waals surface area contributed by atoms with Crippen LogP contribution in [-0.2, 0) is 0 Å². The van der Waals surface area contributed by atoms with Crippen LogP contribution in [-0.4, -0.2) is 0 Å². The number of benzene rings is 2. The highest BCUT2D eigenvalue weighted by Crippen LogP contribution is 2.25. The Labute approximate surface area is 173 Å². The fourth-order valence-corrected chi connectivity index (χ4v) is 2.94. The Morgan fingerprint density at radius 1 is 0.714 bits per heavy atom. The van der Waals surface area contributed by atoms with E-state index in [1.165, 1.54) is 35.1 Å². The van der Waals surface area contributed by atoms with Crippen LogP contribution in [0.3, 0.4) is 0 Å². The molecule has 0 N–H and O–H groups in total. The van der Waals surface area contributed by atoms with E-state index in [0.29, 0.717) is 5.92 Å². The largest absolute Gasteiger partial charge is 0.0773 e. The molecule has 0 radical (unpaired) electrons. The summed E-state index contributed by atoms with van der Waals surface area (Å²) in [7, 11) is 0. The fourth-order valence-electron chi connectivity index (χ4n) is 2.94. The van der Waals surface area contributed by atoms with Crippen molar-refractivity contribution >= 4 is 0 Å². The lowest BCUT2D eigenvalue weighted by molar-refractivity contribution is 0.583. The molecule has 1 atom stereocenters. The van der Waals surface area contributed by atoms with Crippen LogP contribution < -0.4 is 0 Å². The molecule has 0 heterocycles. The summed E-state index contributed by atoms with van der Waals surface area (Å²) in [6.45, 7) is 13.2. The van der Waals surface area contributed by atoms with E-state index in [2.05, 4.69) is 90.1 Å². The first-order chi connectivity index (χ1) is 13.5. The summed E-state index contributed by atoms with van der Waals surface area (Å²) in [4.78, 5) is 0. The number of hydrogen-bond acceptors (Lipinski definition) is 0. The highest BCUT2D eigenvalue weighted by atomic mass is 14.1. The van der Waals surface area contributed by atoms with E-state index in [-0.39, 0.29) is 0 Å². The topological polar surface area (TPSA) is 0 Å². The van der Waals surface area contributed by atoms with Crippen LogP contribution in [0.15, 0.2) is 96.1 Å². The van der Waals surface area contributed by atoms with Gasteiger partial charge < -0.3 is 0 Å². The predicted molar refractivity (Wildman–Crippen MR) is 127 cm³/mol. The van der Waals surface area contributed by atoms with Gasteiger partial charge in [0.05, 0.1) is 0 Å². The molecule has 0 bridgehead atoms. The van der Waals surface area contributed by atoms with Crippen molar-refractivity contribution in [3.05, 3.63) is 107 Å². The first kappa shape index (κ1) is 23.7. The Morgan fingerprint density at radius 3 is 1.54 bits per heavy atom. The van der Waals surface area contributed by atoms with Crippen LogP contribution in [0.25, 0.3) is 0 Å². The van der Waals surface area contributed by atoms with Gasteiger partial charge in [0.25, 0.3) is 0 Å². The van der Waals surface area contributed by atoms with E-state index in [1.807, 2.05) is 36.4 Å². The highest BCUT2D eigenvalue weighted by molar-refractivity contribution is 5.33. The zero-order valence-electron chi connectivity index (χ0n) is 18.7. The molecule has 3 rings (SSSR count). The molecular formula is C28H38. The van der Waals surface area contributed by atoms with Crippen LogP contribution >= 0.6 is 0 Å². The van der Waals surface area contributed by atoms with Crippen molar-refractivity contribution in [2.45, 2.75) is 54.4 Å². The smallest absolute Gasteiger partial charge is 0.00481 e. The second-order valence-electron chi connectivity index (χ2n) is 7.55. The second kappa shape index (κ2) is 13.8. The van der Waals surface area contributed by atoms with Gasteiger partial charge in [-0.1, -0.05) is 122 Å². The van der Waals surface area contributed by atoms with Gasteiger partial charge >= 0.3 is 0 Å². The van der Waals surface area contributed by atoms with Crippen molar-refractivity contribution in [3.63, 3.8) is 0 Å². The van der Waals surface area contributed by atoms with Gasteiger partial charge in [0, 0.05) is 0 Å². The number of rotatable bonds is 3. The molecule has 0 amide bonds. The van der Waals surface area contributed by atoms with Crippen LogP contribution in [0.1, 0.15) is 51.7 Å². The van der Waals surface area contributed by atoms with Crippen LogP contribution in [0.5, 0.6) is 0 Å². The molecule has 0 nitrogen and oxygen atoms in total. The Morgan fingerprint density at radius 2 is 1.18 bits per heavy atom. The van der Waals surface area contributed by atoms with E-state index in [4.69, 9.17) is 0 Å². The van der Waals surface area contributed by atoms with E-state index in [9.17, 15) is 0 Å². The summed E-state index contributed by atoms with van der Waals surface area (Å²) in [5, 5.41) is 0. The van der Waals surface area contributed by atoms with Gasteiger partial charge in [-0.3, -0.25) is 0 Å². The van der Waals surface area contributed by atoms with E-state index in [1.54, 1.807) is 0 Å². The molecule has 28 heavy (non-hydrogen) atoms. The summed E-state index contributed by atoms with van der Waals surface area (Å²) in [6, 6.07) is 20.5. The highest BCUT2D eigenvalue weighted by Gasteiger charge is 2.09. The lowest BCUT2D eigenvalue weighted by Gasteiger charge is -2.12. The minimum absolute atomic E-state index is 0.595. The second-order valence-corrected chi connectivity index (χ2v) is 7.55. The SMILES string of the molecule is CCC(CC)C1=CC=C(C)C(C)C=C1.Cc1ccccc1.Cc1ccccc1. The molecular weight excluding hydrogens is 336 g/mol. The minimum atomic E-state index is 0.595.